The number of carboxylic acid groups (broad SMARTS) is 1. The molecule has 86 valence electrons. The molecular formula is C10H12N2O4. The van der Waals surface area contributed by atoms with E-state index in [1.807, 2.05) is 6.92 Å². The SMILES string of the molecule is CCNc1ccc(C(=O)O)cc1C[N+](=O)[O-]. The summed E-state index contributed by atoms with van der Waals surface area (Å²) in [7, 11) is 0. The van der Waals surface area contributed by atoms with Crippen LogP contribution in [-0.2, 0) is 6.54 Å². The summed E-state index contributed by atoms with van der Waals surface area (Å²) in [5.74, 6) is -1.09. The van der Waals surface area contributed by atoms with E-state index in [0.717, 1.165) is 0 Å². The number of nitro groups is 1. The van der Waals surface area contributed by atoms with Crippen LogP contribution in [-0.4, -0.2) is 22.5 Å². The van der Waals surface area contributed by atoms with Crippen LogP contribution in [0, 0.1) is 10.1 Å². The van der Waals surface area contributed by atoms with Gasteiger partial charge in [0.1, 0.15) is 0 Å². The number of anilines is 1. The molecule has 1 aromatic carbocycles. The highest BCUT2D eigenvalue weighted by molar-refractivity contribution is 5.88. The van der Waals surface area contributed by atoms with Crippen LogP contribution in [0.4, 0.5) is 5.69 Å². The molecule has 6 nitrogen and oxygen atoms in total. The summed E-state index contributed by atoms with van der Waals surface area (Å²) in [5, 5.41) is 22.2. The van der Waals surface area contributed by atoms with Gasteiger partial charge in [0.25, 0.3) is 0 Å². The molecule has 0 aliphatic carbocycles. The molecule has 16 heavy (non-hydrogen) atoms. The monoisotopic (exact) mass is 224 g/mol. The molecular weight excluding hydrogens is 212 g/mol. The van der Waals surface area contributed by atoms with Gasteiger partial charge in [-0.15, -0.1) is 0 Å². The third-order valence-corrected chi connectivity index (χ3v) is 2.02. The molecule has 0 radical (unpaired) electrons. The largest absolute Gasteiger partial charge is 0.478 e. The molecule has 0 heterocycles. The molecule has 0 spiro atoms. The topological polar surface area (TPSA) is 92.5 Å². The summed E-state index contributed by atoms with van der Waals surface area (Å²) < 4.78 is 0. The zero-order valence-electron chi connectivity index (χ0n) is 8.77. The molecule has 1 rings (SSSR count). The fraction of sp³-hybridized carbons (Fsp3) is 0.300. The van der Waals surface area contributed by atoms with Gasteiger partial charge >= 0.3 is 5.97 Å². The maximum Gasteiger partial charge on any atom is 0.335 e. The van der Waals surface area contributed by atoms with E-state index in [1.54, 1.807) is 6.07 Å². The predicted molar refractivity (Wildman–Crippen MR) is 58.3 cm³/mol. The number of nitrogens with one attached hydrogen (secondary N) is 1. The molecule has 0 aromatic heterocycles. The molecule has 0 bridgehead atoms. The number of hydrogen-bond acceptors (Lipinski definition) is 4. The van der Waals surface area contributed by atoms with Crippen molar-refractivity contribution >= 4 is 11.7 Å². The van der Waals surface area contributed by atoms with E-state index in [-0.39, 0.29) is 12.1 Å². The highest BCUT2D eigenvalue weighted by Gasteiger charge is 2.11. The summed E-state index contributed by atoms with van der Waals surface area (Å²) in [6.45, 7) is 2.10. The lowest BCUT2D eigenvalue weighted by atomic mass is 10.1. The number of nitrogens with zero attached hydrogens (tertiary/aromatic N) is 1. The van der Waals surface area contributed by atoms with E-state index in [0.29, 0.717) is 17.8 Å². The minimum atomic E-state index is -1.09. The molecule has 0 saturated heterocycles. The second-order valence-electron chi connectivity index (χ2n) is 3.20. The van der Waals surface area contributed by atoms with Gasteiger partial charge in [-0.1, -0.05) is 0 Å². The normalized spacial score (nSPS) is 9.81. The molecule has 0 unspecified atom stereocenters. The smallest absolute Gasteiger partial charge is 0.335 e. The van der Waals surface area contributed by atoms with Crippen LogP contribution in [0.1, 0.15) is 22.8 Å². The molecule has 6 heteroatoms. The van der Waals surface area contributed by atoms with Crippen molar-refractivity contribution in [2.24, 2.45) is 0 Å². The molecule has 0 aliphatic rings. The minimum Gasteiger partial charge on any atom is -0.478 e. The maximum atomic E-state index is 10.7. The Morgan fingerprint density at radius 3 is 2.75 bits per heavy atom. The second-order valence-corrected chi connectivity index (χ2v) is 3.20. The van der Waals surface area contributed by atoms with Crippen LogP contribution >= 0.6 is 0 Å². The van der Waals surface area contributed by atoms with E-state index in [9.17, 15) is 14.9 Å². The highest BCUT2D eigenvalue weighted by Crippen LogP contribution is 2.18. The first-order chi connectivity index (χ1) is 7.54. The summed E-state index contributed by atoms with van der Waals surface area (Å²) in [6.07, 6.45) is 0. The number of carbonyl (C=O) groups is 1. The molecule has 0 fully saturated rings. The Morgan fingerprint density at radius 2 is 2.25 bits per heavy atom. The third-order valence-electron chi connectivity index (χ3n) is 2.02. The van der Waals surface area contributed by atoms with Crippen molar-refractivity contribution < 1.29 is 14.8 Å². The maximum absolute atomic E-state index is 10.7. The average Bonchev–Trinajstić information content (AvgIpc) is 2.19. The first kappa shape index (κ1) is 12.0. The lowest BCUT2D eigenvalue weighted by molar-refractivity contribution is -0.496. The average molecular weight is 224 g/mol. The van der Waals surface area contributed by atoms with Crippen molar-refractivity contribution in [2.75, 3.05) is 11.9 Å². The Morgan fingerprint density at radius 1 is 1.56 bits per heavy atom. The van der Waals surface area contributed by atoms with Crippen molar-refractivity contribution in [3.05, 3.63) is 39.4 Å². The highest BCUT2D eigenvalue weighted by atomic mass is 16.6. The summed E-state index contributed by atoms with van der Waals surface area (Å²) >= 11 is 0. The van der Waals surface area contributed by atoms with Crippen molar-refractivity contribution in [1.82, 2.24) is 0 Å². The van der Waals surface area contributed by atoms with Crippen LogP contribution in [0.25, 0.3) is 0 Å². The fourth-order valence-electron chi connectivity index (χ4n) is 1.36. The Bertz CT molecular complexity index is 417. The van der Waals surface area contributed by atoms with E-state index in [4.69, 9.17) is 5.11 Å². The molecule has 0 saturated carbocycles. The van der Waals surface area contributed by atoms with Gasteiger partial charge in [0.2, 0.25) is 6.54 Å². The summed E-state index contributed by atoms with van der Waals surface area (Å²) in [4.78, 5) is 20.7. The van der Waals surface area contributed by atoms with Gasteiger partial charge in [-0.2, -0.15) is 0 Å². The van der Waals surface area contributed by atoms with Crippen LogP contribution < -0.4 is 5.32 Å². The van der Waals surface area contributed by atoms with E-state index in [1.165, 1.54) is 12.1 Å². The van der Waals surface area contributed by atoms with Gasteiger partial charge < -0.3 is 10.4 Å². The first-order valence-corrected chi connectivity index (χ1v) is 4.76. The second kappa shape index (κ2) is 5.11. The van der Waals surface area contributed by atoms with Gasteiger partial charge in [0.15, 0.2) is 0 Å². The van der Waals surface area contributed by atoms with Gasteiger partial charge in [-0.3, -0.25) is 10.1 Å². The summed E-state index contributed by atoms with van der Waals surface area (Å²) in [5.41, 5.74) is 1.04. The standard InChI is InChI=1S/C10H12N2O4/c1-2-11-9-4-3-7(10(13)14)5-8(9)6-12(15)16/h3-5,11H,2,6H2,1H3,(H,13,14). The van der Waals surface area contributed by atoms with Crippen molar-refractivity contribution in [3.8, 4) is 0 Å². The molecule has 1 aromatic rings. The number of carboxylic acids is 1. The minimum absolute atomic E-state index is 0.0542. The molecule has 2 N–H and O–H groups in total. The lowest BCUT2D eigenvalue weighted by Gasteiger charge is -2.08. The molecule has 0 aliphatic heterocycles. The number of rotatable bonds is 5. The van der Waals surface area contributed by atoms with Gasteiger partial charge in [0, 0.05) is 22.7 Å². The third kappa shape index (κ3) is 2.94. The Kier molecular flexibility index (Phi) is 3.82. The number of aromatic carboxylic acids is 1. The van der Waals surface area contributed by atoms with Crippen LogP contribution in [0.15, 0.2) is 18.2 Å². The Hall–Kier alpha value is -2.11. The van der Waals surface area contributed by atoms with Crippen LogP contribution in [0.5, 0.6) is 0 Å². The fourth-order valence-corrected chi connectivity index (χ4v) is 1.36. The van der Waals surface area contributed by atoms with Gasteiger partial charge in [-0.25, -0.2) is 4.79 Å². The predicted octanol–water partition coefficient (Wildman–Crippen LogP) is 1.59. The van der Waals surface area contributed by atoms with Gasteiger partial charge in [-0.05, 0) is 25.1 Å². The zero-order valence-corrected chi connectivity index (χ0v) is 8.77. The quantitative estimate of drug-likeness (QED) is 0.585. The van der Waals surface area contributed by atoms with Crippen molar-refractivity contribution in [2.45, 2.75) is 13.5 Å². The number of benzene rings is 1. The van der Waals surface area contributed by atoms with Crippen molar-refractivity contribution in [1.29, 1.82) is 0 Å². The number of hydrogen-bond donors (Lipinski definition) is 2. The van der Waals surface area contributed by atoms with E-state index >= 15 is 0 Å². The van der Waals surface area contributed by atoms with Gasteiger partial charge in [0.05, 0.1) is 5.56 Å². The van der Waals surface area contributed by atoms with E-state index < -0.39 is 10.9 Å². The van der Waals surface area contributed by atoms with E-state index in [2.05, 4.69) is 5.32 Å². The lowest BCUT2D eigenvalue weighted by Crippen LogP contribution is -2.07. The van der Waals surface area contributed by atoms with Crippen molar-refractivity contribution in [3.63, 3.8) is 0 Å². The Balaban J connectivity index is 3.09. The first-order valence-electron chi connectivity index (χ1n) is 4.76. The molecule has 0 amide bonds. The molecule has 0 atom stereocenters. The summed E-state index contributed by atoms with van der Waals surface area (Å²) in [6, 6.07) is 4.29. The Labute approximate surface area is 92.0 Å². The van der Waals surface area contributed by atoms with Crippen LogP contribution in [0.2, 0.25) is 0 Å². The zero-order chi connectivity index (χ0) is 12.1. The van der Waals surface area contributed by atoms with Crippen LogP contribution in [0.3, 0.4) is 0 Å².